The number of anilines is 1. The van der Waals surface area contributed by atoms with E-state index in [9.17, 15) is 4.79 Å². The van der Waals surface area contributed by atoms with E-state index >= 15 is 0 Å². The first-order valence-electron chi connectivity index (χ1n) is 8.33. The van der Waals surface area contributed by atoms with Gasteiger partial charge < -0.3 is 20.4 Å². The molecule has 0 saturated heterocycles. The molecule has 1 unspecified atom stereocenters. The van der Waals surface area contributed by atoms with E-state index in [1.165, 1.54) is 11.3 Å². The van der Waals surface area contributed by atoms with Gasteiger partial charge in [0.05, 0.1) is 18.4 Å². The molecule has 1 aliphatic rings. The number of hydrogen-bond acceptors (Lipinski definition) is 4. The van der Waals surface area contributed by atoms with Crippen LogP contribution in [0.1, 0.15) is 42.5 Å². The molecule has 0 aliphatic carbocycles. The summed E-state index contributed by atoms with van der Waals surface area (Å²) in [6, 6.07) is 10.5. The molecule has 144 valence electrons. The quantitative estimate of drug-likeness (QED) is 0.806. The third kappa shape index (κ3) is 4.93. The maximum Gasteiger partial charge on any atom is 0.254 e. The van der Waals surface area contributed by atoms with Crippen molar-refractivity contribution in [2.45, 2.75) is 45.3 Å². The maximum absolute atomic E-state index is 12.4. The van der Waals surface area contributed by atoms with E-state index in [-0.39, 0.29) is 30.7 Å². The summed E-state index contributed by atoms with van der Waals surface area (Å²) < 4.78 is 5.61. The highest BCUT2D eigenvalue weighted by Crippen LogP contribution is 2.33. The number of furan rings is 1. The van der Waals surface area contributed by atoms with E-state index in [0.29, 0.717) is 30.5 Å². The van der Waals surface area contributed by atoms with Crippen molar-refractivity contribution in [2.24, 2.45) is 5.73 Å². The van der Waals surface area contributed by atoms with E-state index in [1.54, 1.807) is 12.3 Å². The van der Waals surface area contributed by atoms with Gasteiger partial charge in [-0.05, 0) is 44.9 Å². The van der Waals surface area contributed by atoms with Crippen LogP contribution >= 0.6 is 24.8 Å². The van der Waals surface area contributed by atoms with Gasteiger partial charge in [0.2, 0.25) is 0 Å². The fraction of sp³-hybridized carbons (Fsp3) is 0.421. The lowest BCUT2D eigenvalue weighted by Gasteiger charge is -2.24. The zero-order valence-corrected chi connectivity index (χ0v) is 17.0. The van der Waals surface area contributed by atoms with Crippen molar-refractivity contribution in [3.8, 4) is 0 Å². The molecule has 1 aliphatic heterocycles. The van der Waals surface area contributed by atoms with Crippen molar-refractivity contribution >= 4 is 36.4 Å². The molecule has 2 heterocycles. The Kier molecular flexibility index (Phi) is 7.57. The summed E-state index contributed by atoms with van der Waals surface area (Å²) in [4.78, 5) is 14.7. The summed E-state index contributed by atoms with van der Waals surface area (Å²) in [5.74, 6) is 0.545. The van der Waals surface area contributed by atoms with Gasteiger partial charge in [-0.2, -0.15) is 0 Å². The summed E-state index contributed by atoms with van der Waals surface area (Å²) in [5, 5.41) is 2.88. The average molecular weight is 400 g/mol. The van der Waals surface area contributed by atoms with E-state index in [4.69, 9.17) is 10.2 Å². The van der Waals surface area contributed by atoms with Crippen molar-refractivity contribution in [1.82, 2.24) is 5.32 Å². The first-order chi connectivity index (χ1) is 11.3. The molecule has 0 fully saturated rings. The fourth-order valence-electron chi connectivity index (χ4n) is 3.09. The molecule has 1 amide bonds. The Labute approximate surface area is 167 Å². The summed E-state index contributed by atoms with van der Waals surface area (Å²) >= 11 is 0. The number of carbonyl (C=O) groups excluding carboxylic acids is 1. The Bertz CT molecular complexity index is 740. The lowest BCUT2D eigenvalue weighted by Crippen LogP contribution is -2.45. The Morgan fingerprint density at radius 3 is 2.69 bits per heavy atom. The van der Waals surface area contributed by atoms with Crippen molar-refractivity contribution in [1.29, 1.82) is 0 Å². The van der Waals surface area contributed by atoms with E-state index in [1.807, 2.05) is 19.9 Å². The van der Waals surface area contributed by atoms with Crippen LogP contribution in [0, 0.1) is 0 Å². The Morgan fingerprint density at radius 2 is 2.00 bits per heavy atom. The lowest BCUT2D eigenvalue weighted by molar-refractivity contribution is 0.0944. The number of carbonyl (C=O) groups is 1. The zero-order chi connectivity index (χ0) is 17.3. The van der Waals surface area contributed by atoms with E-state index < -0.39 is 5.54 Å². The first kappa shape index (κ1) is 22.4. The van der Waals surface area contributed by atoms with Crippen LogP contribution in [0.5, 0.6) is 0 Å². The molecule has 3 rings (SSSR count). The second kappa shape index (κ2) is 8.80. The molecule has 3 N–H and O–H groups in total. The second-order valence-electron chi connectivity index (χ2n) is 7.24. The smallest absolute Gasteiger partial charge is 0.254 e. The monoisotopic (exact) mass is 399 g/mol. The molecule has 0 spiro atoms. The Balaban J connectivity index is 0.00000169. The molecular formula is C19H27Cl2N3O2. The minimum Gasteiger partial charge on any atom is -0.467 e. The number of benzene rings is 1. The third-order valence-electron chi connectivity index (χ3n) is 4.36. The van der Waals surface area contributed by atoms with Gasteiger partial charge in [-0.3, -0.25) is 4.79 Å². The molecule has 7 heteroatoms. The highest BCUT2D eigenvalue weighted by Gasteiger charge is 2.28. The molecule has 5 nitrogen and oxygen atoms in total. The van der Waals surface area contributed by atoms with Gasteiger partial charge in [0, 0.05) is 23.8 Å². The van der Waals surface area contributed by atoms with Crippen molar-refractivity contribution < 1.29 is 9.21 Å². The molecule has 0 saturated carbocycles. The maximum atomic E-state index is 12.4. The van der Waals surface area contributed by atoms with Crippen molar-refractivity contribution in [2.75, 3.05) is 11.4 Å². The van der Waals surface area contributed by atoms with Crippen LogP contribution in [0.15, 0.2) is 41.0 Å². The topological polar surface area (TPSA) is 71.5 Å². The number of fused-ring (bicyclic) bond motifs is 1. The number of para-hydroxylation sites is 1. The van der Waals surface area contributed by atoms with Gasteiger partial charge in [0.1, 0.15) is 5.76 Å². The molecule has 1 aromatic carbocycles. The summed E-state index contributed by atoms with van der Waals surface area (Å²) in [7, 11) is 0. The Morgan fingerprint density at radius 1 is 1.31 bits per heavy atom. The second-order valence-corrected chi connectivity index (χ2v) is 7.24. The predicted molar refractivity (Wildman–Crippen MR) is 110 cm³/mol. The summed E-state index contributed by atoms with van der Waals surface area (Å²) in [6.07, 6.45) is 2.59. The summed E-state index contributed by atoms with van der Waals surface area (Å²) in [5.41, 5.74) is 8.63. The van der Waals surface area contributed by atoms with E-state index in [0.717, 1.165) is 6.42 Å². The number of amides is 1. The van der Waals surface area contributed by atoms with Gasteiger partial charge >= 0.3 is 0 Å². The van der Waals surface area contributed by atoms with Gasteiger partial charge in [0.15, 0.2) is 0 Å². The van der Waals surface area contributed by atoms with Crippen LogP contribution in [-0.4, -0.2) is 24.0 Å². The van der Waals surface area contributed by atoms with E-state index in [2.05, 4.69) is 35.3 Å². The molecule has 1 atom stereocenters. The van der Waals surface area contributed by atoms with Gasteiger partial charge in [-0.1, -0.05) is 18.2 Å². The molecule has 2 aromatic rings. The van der Waals surface area contributed by atoms with Crippen molar-refractivity contribution in [3.63, 3.8) is 0 Å². The van der Waals surface area contributed by atoms with Crippen LogP contribution in [0.2, 0.25) is 0 Å². The summed E-state index contributed by atoms with van der Waals surface area (Å²) in [6.45, 7) is 6.96. The fourth-order valence-corrected chi connectivity index (χ4v) is 3.09. The van der Waals surface area contributed by atoms with Crippen LogP contribution < -0.4 is 16.0 Å². The SMILES string of the molecule is CC1Cc2ccccc2N1Cc1occc1C(=O)NCC(C)(C)N.Cl.Cl. The number of hydrogen-bond donors (Lipinski definition) is 2. The number of nitrogens with one attached hydrogen (secondary N) is 1. The minimum atomic E-state index is -0.442. The normalized spacial score (nSPS) is 15.7. The zero-order valence-electron chi connectivity index (χ0n) is 15.3. The van der Waals surface area contributed by atoms with Crippen molar-refractivity contribution in [3.05, 3.63) is 53.5 Å². The standard InChI is InChI=1S/C19H25N3O2.2ClH/c1-13-10-14-6-4-5-7-16(14)22(13)11-17-15(8-9-24-17)18(23)21-12-19(2,3)20;;/h4-9,13H,10-12,20H2,1-3H3,(H,21,23);2*1H. The molecule has 0 bridgehead atoms. The van der Waals surface area contributed by atoms with Crippen LogP contribution in [-0.2, 0) is 13.0 Å². The number of nitrogens with two attached hydrogens (primary N) is 1. The first-order valence-corrected chi connectivity index (χ1v) is 8.33. The third-order valence-corrected chi connectivity index (χ3v) is 4.36. The highest BCUT2D eigenvalue weighted by atomic mass is 35.5. The van der Waals surface area contributed by atoms with Crippen LogP contribution in [0.4, 0.5) is 5.69 Å². The molecule has 26 heavy (non-hydrogen) atoms. The van der Waals surface area contributed by atoms with Gasteiger partial charge in [-0.15, -0.1) is 24.8 Å². The van der Waals surface area contributed by atoms with Gasteiger partial charge in [0.25, 0.3) is 5.91 Å². The molecule has 0 radical (unpaired) electrons. The lowest BCUT2D eigenvalue weighted by atomic mass is 10.1. The van der Waals surface area contributed by atoms with Crippen LogP contribution in [0.25, 0.3) is 0 Å². The minimum absolute atomic E-state index is 0. The number of nitrogens with zero attached hydrogens (tertiary/aromatic N) is 1. The average Bonchev–Trinajstić information content (AvgIpc) is 3.10. The predicted octanol–water partition coefficient (Wildman–Crippen LogP) is 3.54. The van der Waals surface area contributed by atoms with Gasteiger partial charge in [-0.25, -0.2) is 0 Å². The Hall–Kier alpha value is -1.69. The largest absolute Gasteiger partial charge is 0.467 e. The molecule has 1 aromatic heterocycles. The number of rotatable bonds is 5. The van der Waals surface area contributed by atoms with Crippen LogP contribution in [0.3, 0.4) is 0 Å². The highest BCUT2D eigenvalue weighted by molar-refractivity contribution is 5.95. The number of halogens is 2. The molecular weight excluding hydrogens is 373 g/mol.